The Morgan fingerprint density at radius 1 is 0.636 bits per heavy atom. The summed E-state index contributed by atoms with van der Waals surface area (Å²) in [5.41, 5.74) is -2.04. The van der Waals surface area contributed by atoms with Crippen molar-refractivity contribution in [3.63, 3.8) is 0 Å². The molecule has 2 aliphatic rings. The molecule has 2 saturated heterocycles. The van der Waals surface area contributed by atoms with Gasteiger partial charge in [-0.15, -0.1) is 0 Å². The van der Waals surface area contributed by atoms with Crippen molar-refractivity contribution in [1.29, 1.82) is 0 Å². The average Bonchev–Trinajstić information content (AvgIpc) is 2.68. The van der Waals surface area contributed by atoms with Gasteiger partial charge in [0.05, 0.1) is 25.0 Å². The van der Waals surface area contributed by atoms with Crippen LogP contribution in [0.25, 0.3) is 0 Å². The molecular formula is C24H44N2O7. The Bertz CT molecular complexity index is 611. The van der Waals surface area contributed by atoms with Crippen LogP contribution in [0.4, 0.5) is 0 Å². The molecule has 0 bridgehead atoms. The van der Waals surface area contributed by atoms with Crippen molar-refractivity contribution < 1.29 is 34.2 Å². The van der Waals surface area contributed by atoms with Gasteiger partial charge in [0.15, 0.2) is 0 Å². The zero-order valence-electron chi connectivity index (χ0n) is 21.6. The topological polar surface area (TPSA) is 109 Å². The summed E-state index contributed by atoms with van der Waals surface area (Å²) in [6.45, 7) is 16.0. The minimum absolute atomic E-state index is 0.129. The number of ether oxygens (including phenoxy) is 3. The van der Waals surface area contributed by atoms with Crippen LogP contribution in [0.5, 0.6) is 0 Å². The van der Waals surface area contributed by atoms with Gasteiger partial charge in [0.2, 0.25) is 0 Å². The van der Waals surface area contributed by atoms with Gasteiger partial charge in [-0.2, -0.15) is 10.1 Å². The first-order valence-electron chi connectivity index (χ1n) is 11.9. The summed E-state index contributed by atoms with van der Waals surface area (Å²) in [6.07, 6.45) is 2.08. The van der Waals surface area contributed by atoms with Crippen molar-refractivity contribution in [2.24, 2.45) is 11.8 Å². The molecule has 9 heteroatoms. The zero-order valence-corrected chi connectivity index (χ0v) is 21.6. The van der Waals surface area contributed by atoms with Gasteiger partial charge < -0.3 is 24.6 Å². The van der Waals surface area contributed by atoms with Crippen molar-refractivity contribution in [3.8, 4) is 0 Å². The SMILES string of the molecule is CC1(C)CC(C(=O)OCCOCCOC(=O)C2CC(C)(C)N(O)C(C)(C)C2)CC(C)(C)N1O. The number of hydrogen-bond donors (Lipinski definition) is 2. The van der Waals surface area contributed by atoms with E-state index in [-0.39, 0.29) is 50.2 Å². The number of hydroxylamine groups is 4. The van der Waals surface area contributed by atoms with E-state index < -0.39 is 22.2 Å². The standard InChI is InChI=1S/C24H44N2O7/c1-21(2)13-17(14-22(3,4)25(21)29)19(27)32-11-9-31-10-12-33-20(28)18-15-23(5,6)26(30)24(7,8)16-18/h17-18,29-30H,9-16H2,1-8H3. The fourth-order valence-electron chi connectivity index (χ4n) is 5.61. The highest BCUT2D eigenvalue weighted by atomic mass is 16.6. The molecule has 9 nitrogen and oxygen atoms in total. The maximum atomic E-state index is 12.5. The molecule has 0 radical (unpaired) electrons. The molecule has 2 rings (SSSR count). The normalized spacial score (nSPS) is 25.5. The smallest absolute Gasteiger partial charge is 0.309 e. The molecule has 0 aliphatic carbocycles. The predicted octanol–water partition coefficient (Wildman–Crippen LogP) is 3.41. The second-order valence-corrected chi connectivity index (χ2v) is 12.0. The van der Waals surface area contributed by atoms with E-state index in [1.807, 2.05) is 55.4 Å². The zero-order chi connectivity index (χ0) is 25.2. The van der Waals surface area contributed by atoms with E-state index in [2.05, 4.69) is 0 Å². The number of esters is 2. The van der Waals surface area contributed by atoms with Gasteiger partial charge in [-0.3, -0.25) is 9.59 Å². The second kappa shape index (κ2) is 10.2. The fraction of sp³-hybridized carbons (Fsp3) is 0.917. The largest absolute Gasteiger partial charge is 0.463 e. The van der Waals surface area contributed by atoms with Crippen LogP contribution in [-0.4, -0.2) is 81.1 Å². The first kappa shape index (κ1) is 28.0. The van der Waals surface area contributed by atoms with Gasteiger partial charge >= 0.3 is 11.9 Å². The summed E-state index contributed by atoms with van der Waals surface area (Å²) in [5, 5.41) is 23.4. The van der Waals surface area contributed by atoms with Gasteiger partial charge in [0.1, 0.15) is 13.2 Å². The molecule has 2 aliphatic heterocycles. The third kappa shape index (κ3) is 6.88. The Kier molecular flexibility index (Phi) is 8.61. The summed E-state index contributed by atoms with van der Waals surface area (Å²) in [6, 6.07) is 0. The minimum Gasteiger partial charge on any atom is -0.463 e. The number of rotatable bonds is 8. The van der Waals surface area contributed by atoms with Crippen molar-refractivity contribution >= 4 is 11.9 Å². The van der Waals surface area contributed by atoms with Crippen LogP contribution >= 0.6 is 0 Å². The molecule has 0 aromatic rings. The van der Waals surface area contributed by atoms with Crippen molar-refractivity contribution in [2.45, 2.75) is 103 Å². The first-order chi connectivity index (χ1) is 15.0. The summed E-state index contributed by atoms with van der Waals surface area (Å²) in [4.78, 5) is 25.0. The monoisotopic (exact) mass is 472 g/mol. The quantitative estimate of drug-likeness (QED) is 0.406. The predicted molar refractivity (Wildman–Crippen MR) is 122 cm³/mol. The lowest BCUT2D eigenvalue weighted by Crippen LogP contribution is -2.60. The van der Waals surface area contributed by atoms with Crippen LogP contribution in [-0.2, 0) is 23.8 Å². The average molecular weight is 473 g/mol. The third-order valence-corrected chi connectivity index (χ3v) is 6.89. The molecule has 33 heavy (non-hydrogen) atoms. The minimum atomic E-state index is -0.510. The number of piperidine rings is 2. The molecule has 0 saturated carbocycles. The molecule has 0 amide bonds. The number of carbonyl (C=O) groups excluding carboxylic acids is 2. The Hall–Kier alpha value is -1.26. The summed E-state index contributed by atoms with van der Waals surface area (Å²) in [5.74, 6) is -1.11. The highest BCUT2D eigenvalue weighted by Crippen LogP contribution is 2.41. The lowest BCUT2D eigenvalue weighted by Gasteiger charge is -2.50. The fourth-order valence-corrected chi connectivity index (χ4v) is 5.61. The molecule has 0 aromatic carbocycles. The van der Waals surface area contributed by atoms with Crippen molar-refractivity contribution in [2.75, 3.05) is 26.4 Å². The molecule has 2 N–H and O–H groups in total. The maximum absolute atomic E-state index is 12.5. The second-order valence-electron chi connectivity index (χ2n) is 12.0. The molecule has 0 atom stereocenters. The summed E-state index contributed by atoms with van der Waals surface area (Å²) < 4.78 is 16.2. The lowest BCUT2D eigenvalue weighted by molar-refractivity contribution is -0.252. The summed E-state index contributed by atoms with van der Waals surface area (Å²) in [7, 11) is 0. The van der Waals surface area contributed by atoms with Crippen LogP contribution in [0, 0.1) is 11.8 Å². The van der Waals surface area contributed by atoms with Gasteiger partial charge in [0, 0.05) is 22.2 Å². The van der Waals surface area contributed by atoms with E-state index in [1.165, 1.54) is 10.1 Å². The van der Waals surface area contributed by atoms with Crippen LogP contribution in [0.1, 0.15) is 81.1 Å². The maximum Gasteiger partial charge on any atom is 0.309 e. The number of nitrogens with zero attached hydrogens (tertiary/aromatic N) is 2. The Labute approximate surface area is 198 Å². The van der Waals surface area contributed by atoms with E-state index in [9.17, 15) is 20.0 Å². The molecule has 0 spiro atoms. The molecule has 2 heterocycles. The van der Waals surface area contributed by atoms with E-state index >= 15 is 0 Å². The number of hydrogen-bond acceptors (Lipinski definition) is 9. The van der Waals surface area contributed by atoms with E-state index in [0.717, 1.165) is 0 Å². The van der Waals surface area contributed by atoms with Crippen LogP contribution in [0.15, 0.2) is 0 Å². The van der Waals surface area contributed by atoms with Gasteiger partial charge in [-0.05, 0) is 81.1 Å². The third-order valence-electron chi connectivity index (χ3n) is 6.89. The Balaban J connectivity index is 1.65. The van der Waals surface area contributed by atoms with Crippen molar-refractivity contribution in [3.05, 3.63) is 0 Å². The van der Waals surface area contributed by atoms with E-state index in [1.54, 1.807) is 0 Å². The summed E-state index contributed by atoms with van der Waals surface area (Å²) >= 11 is 0. The highest BCUT2D eigenvalue weighted by molar-refractivity contribution is 5.73. The van der Waals surface area contributed by atoms with E-state index in [0.29, 0.717) is 25.7 Å². The first-order valence-corrected chi connectivity index (χ1v) is 11.9. The molecule has 2 fully saturated rings. The Morgan fingerprint density at radius 3 is 1.18 bits per heavy atom. The van der Waals surface area contributed by atoms with E-state index in [4.69, 9.17) is 14.2 Å². The van der Waals surface area contributed by atoms with Crippen molar-refractivity contribution in [1.82, 2.24) is 10.1 Å². The lowest BCUT2D eigenvalue weighted by atomic mass is 9.75. The molecule has 192 valence electrons. The molecular weight excluding hydrogens is 428 g/mol. The van der Waals surface area contributed by atoms with Crippen LogP contribution in [0.2, 0.25) is 0 Å². The number of carbonyl (C=O) groups is 2. The highest BCUT2D eigenvalue weighted by Gasteiger charge is 2.48. The molecule has 0 aromatic heterocycles. The Morgan fingerprint density at radius 2 is 0.909 bits per heavy atom. The van der Waals surface area contributed by atoms with Gasteiger partial charge in [-0.1, -0.05) is 0 Å². The van der Waals surface area contributed by atoms with Gasteiger partial charge in [-0.25, -0.2) is 0 Å². The molecule has 0 unspecified atom stereocenters. The van der Waals surface area contributed by atoms with Gasteiger partial charge in [0.25, 0.3) is 0 Å². The van der Waals surface area contributed by atoms with Crippen LogP contribution < -0.4 is 0 Å². The van der Waals surface area contributed by atoms with Crippen LogP contribution in [0.3, 0.4) is 0 Å².